The Balaban J connectivity index is 1.64. The summed E-state index contributed by atoms with van der Waals surface area (Å²) in [6.07, 6.45) is 5.64. The summed E-state index contributed by atoms with van der Waals surface area (Å²) in [4.78, 5) is 9.63. The number of piperidine rings is 1. The molecule has 0 aliphatic carbocycles. The lowest BCUT2D eigenvalue weighted by Crippen LogP contribution is -2.51. The van der Waals surface area contributed by atoms with E-state index in [1.54, 1.807) is 0 Å². The normalized spacial score (nSPS) is 24.9. The van der Waals surface area contributed by atoms with Crippen molar-refractivity contribution in [2.24, 2.45) is 0 Å². The molecule has 0 N–H and O–H groups in total. The maximum Gasteiger partial charge on any atom is 0.0594 e. The average molecular weight is 275 g/mol. The highest BCUT2D eigenvalue weighted by atomic mass is 16.5. The maximum atomic E-state index is 5.46. The summed E-state index contributed by atoms with van der Waals surface area (Å²) in [6.45, 7) is 8.40. The monoisotopic (exact) mass is 275 g/mol. The summed E-state index contributed by atoms with van der Waals surface area (Å²) < 4.78 is 5.46. The van der Waals surface area contributed by atoms with Gasteiger partial charge in [0.2, 0.25) is 0 Å². The fraction of sp³-hybridized carbons (Fsp3) is 0.688. The van der Waals surface area contributed by atoms with E-state index in [1.807, 2.05) is 6.20 Å². The first kappa shape index (κ1) is 13.8. The van der Waals surface area contributed by atoms with Crippen LogP contribution in [0, 0.1) is 0 Å². The first-order valence-electron chi connectivity index (χ1n) is 7.88. The number of ether oxygens (including phenoxy) is 1. The first-order valence-corrected chi connectivity index (χ1v) is 7.88. The topological polar surface area (TPSA) is 28.6 Å². The van der Waals surface area contributed by atoms with Gasteiger partial charge in [-0.1, -0.05) is 6.92 Å². The summed E-state index contributed by atoms with van der Waals surface area (Å²) in [5.41, 5.74) is 2.45. The fourth-order valence-electron chi connectivity index (χ4n) is 3.24. The van der Waals surface area contributed by atoms with Crippen molar-refractivity contribution in [2.75, 3.05) is 44.3 Å². The molecule has 2 fully saturated rings. The molecule has 0 amide bonds. The van der Waals surface area contributed by atoms with Crippen LogP contribution < -0.4 is 4.90 Å². The Morgan fingerprint density at radius 3 is 2.80 bits per heavy atom. The Labute approximate surface area is 121 Å². The van der Waals surface area contributed by atoms with E-state index in [9.17, 15) is 0 Å². The lowest BCUT2D eigenvalue weighted by atomic mass is 10.0. The van der Waals surface area contributed by atoms with Crippen LogP contribution in [0.2, 0.25) is 0 Å². The highest BCUT2D eigenvalue weighted by Gasteiger charge is 2.26. The van der Waals surface area contributed by atoms with Crippen LogP contribution in [0.5, 0.6) is 0 Å². The summed E-state index contributed by atoms with van der Waals surface area (Å²) in [5.74, 6) is 0. The number of aromatic nitrogens is 1. The van der Waals surface area contributed by atoms with E-state index in [2.05, 4.69) is 33.8 Å². The lowest BCUT2D eigenvalue weighted by molar-refractivity contribution is 0.0137. The molecule has 110 valence electrons. The highest BCUT2D eigenvalue weighted by Crippen LogP contribution is 2.22. The minimum absolute atomic E-state index is 0.679. The van der Waals surface area contributed by atoms with Gasteiger partial charge >= 0.3 is 0 Å². The minimum Gasteiger partial charge on any atom is -0.379 e. The number of aryl methyl sites for hydroxylation is 1. The number of anilines is 1. The van der Waals surface area contributed by atoms with Gasteiger partial charge in [0.05, 0.1) is 25.1 Å². The molecule has 2 saturated heterocycles. The molecule has 1 aromatic heterocycles. The van der Waals surface area contributed by atoms with Crippen molar-refractivity contribution in [1.29, 1.82) is 0 Å². The molecule has 0 aromatic carbocycles. The third-order valence-electron chi connectivity index (χ3n) is 4.50. The van der Waals surface area contributed by atoms with Gasteiger partial charge in [-0.25, -0.2) is 0 Å². The van der Waals surface area contributed by atoms with Gasteiger partial charge in [-0.05, 0) is 31.4 Å². The number of hydrogen-bond donors (Lipinski definition) is 0. The molecule has 0 radical (unpaired) electrons. The molecule has 3 rings (SSSR count). The van der Waals surface area contributed by atoms with E-state index < -0.39 is 0 Å². The predicted octanol–water partition coefficient (Wildman–Crippen LogP) is 1.94. The quantitative estimate of drug-likeness (QED) is 0.843. The largest absolute Gasteiger partial charge is 0.379 e. The van der Waals surface area contributed by atoms with Gasteiger partial charge in [0.1, 0.15) is 0 Å². The summed E-state index contributed by atoms with van der Waals surface area (Å²) in [5, 5.41) is 0. The van der Waals surface area contributed by atoms with Crippen LogP contribution in [0.25, 0.3) is 0 Å². The zero-order valence-electron chi connectivity index (χ0n) is 12.4. The smallest absolute Gasteiger partial charge is 0.0594 e. The molecular weight excluding hydrogens is 250 g/mol. The molecule has 3 heterocycles. The SMILES string of the molecule is CCc1ccc(N2CCC[C@@H](N3CCOCC3)C2)cn1. The molecule has 0 saturated carbocycles. The van der Waals surface area contributed by atoms with E-state index >= 15 is 0 Å². The van der Waals surface area contributed by atoms with Gasteiger partial charge in [-0.2, -0.15) is 0 Å². The van der Waals surface area contributed by atoms with E-state index in [0.29, 0.717) is 6.04 Å². The highest BCUT2D eigenvalue weighted by molar-refractivity contribution is 5.45. The third kappa shape index (κ3) is 3.13. The molecule has 4 heteroatoms. The summed E-state index contributed by atoms with van der Waals surface area (Å²) >= 11 is 0. The van der Waals surface area contributed by atoms with Crippen molar-refractivity contribution in [3.05, 3.63) is 24.0 Å². The molecular formula is C16H25N3O. The molecule has 2 aliphatic heterocycles. The molecule has 0 spiro atoms. The number of rotatable bonds is 3. The van der Waals surface area contributed by atoms with Crippen LogP contribution in [0.1, 0.15) is 25.5 Å². The zero-order valence-corrected chi connectivity index (χ0v) is 12.4. The van der Waals surface area contributed by atoms with Crippen molar-refractivity contribution < 1.29 is 4.74 Å². The van der Waals surface area contributed by atoms with Crippen molar-refractivity contribution >= 4 is 5.69 Å². The van der Waals surface area contributed by atoms with Gasteiger partial charge < -0.3 is 9.64 Å². The lowest BCUT2D eigenvalue weighted by Gasteiger charge is -2.41. The van der Waals surface area contributed by atoms with Gasteiger partial charge in [-0.15, -0.1) is 0 Å². The van der Waals surface area contributed by atoms with Crippen molar-refractivity contribution in [1.82, 2.24) is 9.88 Å². The maximum absolute atomic E-state index is 5.46. The van der Waals surface area contributed by atoms with E-state index in [1.165, 1.54) is 24.2 Å². The Morgan fingerprint density at radius 1 is 1.25 bits per heavy atom. The second kappa shape index (κ2) is 6.55. The standard InChI is InChI=1S/C16H25N3O/c1-2-14-5-6-15(12-17-14)19-7-3-4-16(13-19)18-8-10-20-11-9-18/h5-6,12,16H,2-4,7-11,13H2,1H3/t16-/m1/s1. The van der Waals surface area contributed by atoms with Gasteiger partial charge in [0.25, 0.3) is 0 Å². The van der Waals surface area contributed by atoms with Crippen LogP contribution >= 0.6 is 0 Å². The molecule has 20 heavy (non-hydrogen) atoms. The number of hydrogen-bond acceptors (Lipinski definition) is 4. The Hall–Kier alpha value is -1.13. The van der Waals surface area contributed by atoms with Crippen LogP contribution in [0.4, 0.5) is 5.69 Å². The van der Waals surface area contributed by atoms with Gasteiger partial charge in [0, 0.05) is 37.9 Å². The van der Waals surface area contributed by atoms with Gasteiger partial charge in [-0.3, -0.25) is 9.88 Å². The molecule has 1 atom stereocenters. The molecule has 2 aliphatic rings. The number of morpholine rings is 1. The zero-order chi connectivity index (χ0) is 13.8. The Bertz CT molecular complexity index is 414. The first-order chi connectivity index (χ1) is 9.86. The fourth-order valence-corrected chi connectivity index (χ4v) is 3.24. The van der Waals surface area contributed by atoms with Crippen LogP contribution in [0.15, 0.2) is 18.3 Å². The van der Waals surface area contributed by atoms with Gasteiger partial charge in [0.15, 0.2) is 0 Å². The second-order valence-corrected chi connectivity index (χ2v) is 5.75. The van der Waals surface area contributed by atoms with Crippen LogP contribution in [-0.4, -0.2) is 55.3 Å². The van der Waals surface area contributed by atoms with Crippen molar-refractivity contribution in [3.8, 4) is 0 Å². The Kier molecular flexibility index (Phi) is 4.53. The molecule has 0 unspecified atom stereocenters. The van der Waals surface area contributed by atoms with Crippen LogP contribution in [-0.2, 0) is 11.2 Å². The average Bonchev–Trinajstić information content (AvgIpc) is 2.56. The number of nitrogens with zero attached hydrogens (tertiary/aromatic N) is 3. The second-order valence-electron chi connectivity index (χ2n) is 5.75. The van der Waals surface area contributed by atoms with E-state index in [4.69, 9.17) is 4.74 Å². The Morgan fingerprint density at radius 2 is 2.10 bits per heavy atom. The van der Waals surface area contributed by atoms with E-state index in [0.717, 1.165) is 45.8 Å². The van der Waals surface area contributed by atoms with Crippen LogP contribution in [0.3, 0.4) is 0 Å². The predicted molar refractivity (Wildman–Crippen MR) is 81.2 cm³/mol. The van der Waals surface area contributed by atoms with Crippen molar-refractivity contribution in [3.63, 3.8) is 0 Å². The molecule has 1 aromatic rings. The minimum atomic E-state index is 0.679. The third-order valence-corrected chi connectivity index (χ3v) is 4.50. The molecule has 4 nitrogen and oxygen atoms in total. The van der Waals surface area contributed by atoms with E-state index in [-0.39, 0.29) is 0 Å². The summed E-state index contributed by atoms with van der Waals surface area (Å²) in [6, 6.07) is 5.07. The molecule has 0 bridgehead atoms. The summed E-state index contributed by atoms with van der Waals surface area (Å²) in [7, 11) is 0. The van der Waals surface area contributed by atoms with Crippen molar-refractivity contribution in [2.45, 2.75) is 32.2 Å². The number of pyridine rings is 1.